The van der Waals surface area contributed by atoms with E-state index in [1.54, 1.807) is 16.9 Å². The molecule has 0 aliphatic rings. The predicted octanol–water partition coefficient (Wildman–Crippen LogP) is 2.09. The number of benzene rings is 1. The maximum Gasteiger partial charge on any atom is 0.146 e. The topological polar surface area (TPSA) is 47.1 Å². The van der Waals surface area contributed by atoms with Gasteiger partial charge in [0, 0.05) is 38.4 Å². The first-order valence-electron chi connectivity index (χ1n) is 6.69. The van der Waals surface area contributed by atoms with Crippen LogP contribution >= 0.6 is 0 Å². The highest BCUT2D eigenvalue weighted by Gasteiger charge is 2.14. The molecule has 2 aromatic rings. The minimum atomic E-state index is -0.213. The van der Waals surface area contributed by atoms with Crippen LogP contribution in [0.1, 0.15) is 18.1 Å². The standard InChI is InChI=1S/C15H21FN4/c1-11(17)7-13-5-4-6-14(16)15(13)19(2)9-12-8-18-20(3)10-12/h4-6,8,10-11H,7,9,17H2,1-3H3. The van der Waals surface area contributed by atoms with Gasteiger partial charge < -0.3 is 10.6 Å². The number of aromatic nitrogens is 2. The van der Waals surface area contributed by atoms with Gasteiger partial charge in [-0.2, -0.15) is 5.10 Å². The summed E-state index contributed by atoms with van der Waals surface area (Å²) in [6, 6.07) is 5.15. The van der Waals surface area contributed by atoms with E-state index >= 15 is 0 Å². The number of nitrogens with zero attached hydrogens (tertiary/aromatic N) is 3. The van der Waals surface area contributed by atoms with E-state index in [2.05, 4.69) is 5.10 Å². The van der Waals surface area contributed by atoms with Crippen LogP contribution in [0.2, 0.25) is 0 Å². The van der Waals surface area contributed by atoms with E-state index < -0.39 is 0 Å². The molecule has 5 heteroatoms. The molecule has 0 saturated carbocycles. The molecule has 0 saturated heterocycles. The quantitative estimate of drug-likeness (QED) is 0.909. The molecule has 1 aromatic heterocycles. The molecule has 0 bridgehead atoms. The lowest BCUT2D eigenvalue weighted by Gasteiger charge is -2.23. The summed E-state index contributed by atoms with van der Waals surface area (Å²) in [7, 11) is 3.75. The van der Waals surface area contributed by atoms with Gasteiger partial charge in [0.05, 0.1) is 11.9 Å². The fraction of sp³-hybridized carbons (Fsp3) is 0.400. The van der Waals surface area contributed by atoms with Crippen LogP contribution in [0.25, 0.3) is 0 Å². The van der Waals surface area contributed by atoms with E-state index in [1.165, 1.54) is 6.07 Å². The van der Waals surface area contributed by atoms with E-state index in [0.29, 0.717) is 18.7 Å². The molecule has 1 unspecified atom stereocenters. The third-order valence-electron chi connectivity index (χ3n) is 3.17. The second-order valence-corrected chi connectivity index (χ2v) is 5.31. The highest BCUT2D eigenvalue weighted by molar-refractivity contribution is 5.55. The number of halogens is 1. The van der Waals surface area contributed by atoms with Crippen molar-refractivity contribution in [1.82, 2.24) is 9.78 Å². The minimum Gasteiger partial charge on any atom is -0.368 e. The van der Waals surface area contributed by atoms with Gasteiger partial charge in [0.25, 0.3) is 0 Å². The van der Waals surface area contributed by atoms with Crippen molar-refractivity contribution in [3.05, 3.63) is 47.5 Å². The van der Waals surface area contributed by atoms with E-state index in [0.717, 1.165) is 11.1 Å². The zero-order chi connectivity index (χ0) is 14.7. The van der Waals surface area contributed by atoms with Gasteiger partial charge in [0.1, 0.15) is 5.82 Å². The number of anilines is 1. The molecule has 0 radical (unpaired) electrons. The number of aryl methyl sites for hydroxylation is 1. The van der Waals surface area contributed by atoms with Crippen LogP contribution in [0.15, 0.2) is 30.6 Å². The second-order valence-electron chi connectivity index (χ2n) is 5.31. The molecule has 1 aromatic carbocycles. The SMILES string of the molecule is CC(N)Cc1cccc(F)c1N(C)Cc1cnn(C)c1. The van der Waals surface area contributed by atoms with Crippen molar-refractivity contribution in [2.75, 3.05) is 11.9 Å². The number of para-hydroxylation sites is 1. The summed E-state index contributed by atoms with van der Waals surface area (Å²) in [4.78, 5) is 1.91. The summed E-state index contributed by atoms with van der Waals surface area (Å²) in [5.41, 5.74) is 8.45. The first kappa shape index (κ1) is 14.5. The van der Waals surface area contributed by atoms with Crippen molar-refractivity contribution in [3.63, 3.8) is 0 Å². The number of nitrogens with two attached hydrogens (primary N) is 1. The largest absolute Gasteiger partial charge is 0.368 e. The van der Waals surface area contributed by atoms with E-state index in [-0.39, 0.29) is 11.9 Å². The van der Waals surface area contributed by atoms with Crippen LogP contribution in [0.4, 0.5) is 10.1 Å². The number of hydrogen-bond acceptors (Lipinski definition) is 3. The fourth-order valence-corrected chi connectivity index (χ4v) is 2.41. The van der Waals surface area contributed by atoms with E-state index in [9.17, 15) is 4.39 Å². The maximum atomic E-state index is 14.2. The van der Waals surface area contributed by atoms with Crippen molar-refractivity contribution in [2.45, 2.75) is 25.9 Å². The maximum absolute atomic E-state index is 14.2. The molecule has 0 amide bonds. The van der Waals surface area contributed by atoms with Crippen molar-refractivity contribution in [1.29, 1.82) is 0 Å². The third-order valence-corrected chi connectivity index (χ3v) is 3.17. The van der Waals surface area contributed by atoms with Crippen LogP contribution in [-0.4, -0.2) is 22.9 Å². The molecule has 1 atom stereocenters. The Hall–Kier alpha value is -1.88. The average molecular weight is 276 g/mol. The summed E-state index contributed by atoms with van der Waals surface area (Å²) in [6.07, 6.45) is 4.38. The van der Waals surface area contributed by atoms with Crippen LogP contribution in [-0.2, 0) is 20.0 Å². The lowest BCUT2D eigenvalue weighted by molar-refractivity contribution is 0.616. The zero-order valence-electron chi connectivity index (χ0n) is 12.2. The van der Waals surface area contributed by atoms with E-state index in [4.69, 9.17) is 5.73 Å². The molecule has 20 heavy (non-hydrogen) atoms. The molecule has 0 fully saturated rings. The second kappa shape index (κ2) is 6.05. The van der Waals surface area contributed by atoms with Gasteiger partial charge in [0.15, 0.2) is 0 Å². The van der Waals surface area contributed by atoms with Crippen LogP contribution in [0.5, 0.6) is 0 Å². The Bertz CT molecular complexity index is 577. The summed E-state index contributed by atoms with van der Waals surface area (Å²) in [5.74, 6) is -0.213. The van der Waals surface area contributed by atoms with Crippen molar-refractivity contribution >= 4 is 5.69 Å². The molecular weight excluding hydrogens is 255 g/mol. The first-order valence-corrected chi connectivity index (χ1v) is 6.69. The van der Waals surface area contributed by atoms with Gasteiger partial charge >= 0.3 is 0 Å². The minimum absolute atomic E-state index is 0.00217. The zero-order valence-corrected chi connectivity index (χ0v) is 12.2. The molecular formula is C15H21FN4. The third kappa shape index (κ3) is 3.36. The Morgan fingerprint density at radius 1 is 1.45 bits per heavy atom. The van der Waals surface area contributed by atoms with Gasteiger partial charge in [0.2, 0.25) is 0 Å². The lowest BCUT2D eigenvalue weighted by Crippen LogP contribution is -2.23. The lowest BCUT2D eigenvalue weighted by atomic mass is 10.0. The van der Waals surface area contributed by atoms with Gasteiger partial charge in [-0.05, 0) is 25.0 Å². The Morgan fingerprint density at radius 2 is 2.20 bits per heavy atom. The summed E-state index contributed by atoms with van der Waals surface area (Å²) in [5, 5.41) is 4.13. The highest BCUT2D eigenvalue weighted by Crippen LogP contribution is 2.25. The average Bonchev–Trinajstić information content (AvgIpc) is 2.73. The molecule has 2 rings (SSSR count). The predicted molar refractivity (Wildman–Crippen MR) is 79.1 cm³/mol. The summed E-state index contributed by atoms with van der Waals surface area (Å²) in [6.45, 7) is 2.54. The monoisotopic (exact) mass is 276 g/mol. The van der Waals surface area contributed by atoms with Crippen molar-refractivity contribution < 1.29 is 4.39 Å². The summed E-state index contributed by atoms with van der Waals surface area (Å²) >= 11 is 0. The first-order chi connectivity index (χ1) is 9.47. The van der Waals surface area contributed by atoms with Crippen molar-refractivity contribution in [3.8, 4) is 0 Å². The molecule has 2 N–H and O–H groups in total. The Labute approximate surface area is 119 Å². The normalized spacial score (nSPS) is 12.4. The van der Waals surface area contributed by atoms with Gasteiger partial charge in [-0.25, -0.2) is 4.39 Å². The summed E-state index contributed by atoms with van der Waals surface area (Å²) < 4.78 is 15.9. The molecule has 4 nitrogen and oxygen atoms in total. The Morgan fingerprint density at radius 3 is 2.80 bits per heavy atom. The number of hydrogen-bond donors (Lipinski definition) is 1. The Balaban J connectivity index is 2.25. The van der Waals surface area contributed by atoms with Gasteiger partial charge in [-0.3, -0.25) is 4.68 Å². The number of rotatable bonds is 5. The fourth-order valence-electron chi connectivity index (χ4n) is 2.41. The molecule has 0 aliphatic carbocycles. The molecule has 0 aliphatic heterocycles. The van der Waals surface area contributed by atoms with Crippen LogP contribution in [0.3, 0.4) is 0 Å². The molecule has 108 valence electrons. The van der Waals surface area contributed by atoms with Gasteiger partial charge in [-0.15, -0.1) is 0 Å². The molecule has 0 spiro atoms. The van der Waals surface area contributed by atoms with E-state index in [1.807, 2.05) is 38.2 Å². The Kier molecular flexibility index (Phi) is 4.39. The van der Waals surface area contributed by atoms with Crippen LogP contribution < -0.4 is 10.6 Å². The van der Waals surface area contributed by atoms with Crippen molar-refractivity contribution in [2.24, 2.45) is 12.8 Å². The van der Waals surface area contributed by atoms with Crippen LogP contribution in [0, 0.1) is 5.82 Å². The molecule has 1 heterocycles. The van der Waals surface area contributed by atoms with Gasteiger partial charge in [-0.1, -0.05) is 12.1 Å². The smallest absolute Gasteiger partial charge is 0.146 e. The highest BCUT2D eigenvalue weighted by atomic mass is 19.1.